The third-order valence-corrected chi connectivity index (χ3v) is 8.10. The molecule has 6 unspecified atom stereocenters. The molecule has 1 aromatic rings. The van der Waals surface area contributed by atoms with Crippen LogP contribution in [0.1, 0.15) is 25.3 Å². The summed E-state index contributed by atoms with van der Waals surface area (Å²) in [5.41, 5.74) is 0.788. The number of hydrogen-bond donors (Lipinski definition) is 3. The zero-order valence-electron chi connectivity index (χ0n) is 17.2. The zero-order valence-corrected chi connectivity index (χ0v) is 19.4. The maximum Gasteiger partial charge on any atom is 0.150 e. The Labute approximate surface area is 197 Å². The summed E-state index contributed by atoms with van der Waals surface area (Å²) in [6, 6.07) is 7.85. The van der Waals surface area contributed by atoms with Gasteiger partial charge in [-0.25, -0.2) is 0 Å². The van der Waals surface area contributed by atoms with E-state index in [1.807, 2.05) is 37.3 Å². The van der Waals surface area contributed by atoms with Gasteiger partial charge in [-0.1, -0.05) is 53.0 Å². The Balaban J connectivity index is 1.51. The van der Waals surface area contributed by atoms with Crippen molar-refractivity contribution >= 4 is 34.8 Å². The van der Waals surface area contributed by atoms with Crippen molar-refractivity contribution in [3.63, 3.8) is 0 Å². The van der Waals surface area contributed by atoms with E-state index in [4.69, 9.17) is 44.3 Å². The molecule has 0 aromatic heterocycles. The van der Waals surface area contributed by atoms with Crippen LogP contribution in [0.5, 0.6) is 5.75 Å². The Morgan fingerprint density at radius 3 is 2.48 bits per heavy atom. The van der Waals surface area contributed by atoms with Crippen LogP contribution in [-0.4, -0.2) is 56.8 Å². The van der Waals surface area contributed by atoms with Gasteiger partial charge in [0.15, 0.2) is 0 Å². The van der Waals surface area contributed by atoms with E-state index in [1.165, 1.54) is 0 Å². The topological polar surface area (TPSA) is 79.2 Å². The van der Waals surface area contributed by atoms with E-state index in [0.717, 1.165) is 16.9 Å². The first-order valence-corrected chi connectivity index (χ1v) is 11.7. The Morgan fingerprint density at radius 1 is 1.16 bits per heavy atom. The molecule has 170 valence electrons. The number of aliphatic hydroxyl groups is 3. The van der Waals surface area contributed by atoms with Crippen LogP contribution in [-0.2, 0) is 11.2 Å². The highest BCUT2D eigenvalue weighted by atomic mass is 35.5. The summed E-state index contributed by atoms with van der Waals surface area (Å²) in [5.74, 6) is 0.0446. The molecule has 2 fully saturated rings. The number of hydrogen-bond acceptors (Lipinski definition) is 5. The van der Waals surface area contributed by atoms with Crippen LogP contribution >= 0.6 is 34.8 Å². The lowest BCUT2D eigenvalue weighted by molar-refractivity contribution is -0.306. The normalized spacial score (nSPS) is 36.7. The van der Waals surface area contributed by atoms with Gasteiger partial charge in [0.1, 0.15) is 21.8 Å². The van der Waals surface area contributed by atoms with Crippen LogP contribution in [0.3, 0.4) is 0 Å². The second-order valence-electron chi connectivity index (χ2n) is 8.56. The standard InChI is InChI=1S/C23H27Cl3O5/c1-2-30-16-6-3-13(4-7-16)9-15-10-14(5-8-18(15)24)21-20(29)19(28)17-11-23(25,26)22(17,12-27)31-21/h3-8,14,17,19-21,27-29H,2,9-12H2,1H3. The third kappa shape index (κ3) is 4.04. The minimum Gasteiger partial charge on any atom is -0.494 e. The van der Waals surface area contributed by atoms with E-state index in [-0.39, 0.29) is 12.3 Å². The van der Waals surface area contributed by atoms with E-state index >= 15 is 0 Å². The number of alkyl halides is 2. The molecule has 1 saturated carbocycles. The minimum absolute atomic E-state index is 0.247. The lowest BCUT2D eigenvalue weighted by Gasteiger charge is -2.63. The van der Waals surface area contributed by atoms with Crippen LogP contribution in [0.4, 0.5) is 0 Å². The highest BCUT2D eigenvalue weighted by molar-refractivity contribution is 6.50. The Morgan fingerprint density at radius 2 is 1.87 bits per heavy atom. The molecule has 8 heteroatoms. The first-order valence-electron chi connectivity index (χ1n) is 10.5. The fraction of sp³-hybridized carbons (Fsp3) is 0.565. The van der Waals surface area contributed by atoms with Gasteiger partial charge < -0.3 is 24.8 Å². The number of allylic oxidation sites excluding steroid dienone is 3. The van der Waals surface area contributed by atoms with Gasteiger partial charge in [0.25, 0.3) is 0 Å². The molecule has 0 radical (unpaired) electrons. The van der Waals surface area contributed by atoms with Crippen LogP contribution in [0, 0.1) is 11.8 Å². The molecular weight excluding hydrogens is 463 g/mol. The number of halogens is 3. The van der Waals surface area contributed by atoms with Gasteiger partial charge in [0.2, 0.25) is 0 Å². The minimum atomic E-state index is -1.32. The van der Waals surface area contributed by atoms with Crippen LogP contribution in [0.2, 0.25) is 0 Å². The van der Waals surface area contributed by atoms with E-state index in [9.17, 15) is 15.3 Å². The monoisotopic (exact) mass is 488 g/mol. The van der Waals surface area contributed by atoms with Crippen molar-refractivity contribution in [3.05, 3.63) is 52.6 Å². The van der Waals surface area contributed by atoms with Crippen molar-refractivity contribution < 1.29 is 24.8 Å². The third-order valence-electron chi connectivity index (χ3n) is 6.76. The number of fused-ring (bicyclic) bond motifs is 1. The van der Waals surface area contributed by atoms with Crippen LogP contribution in [0.15, 0.2) is 47.0 Å². The molecule has 0 amide bonds. The first-order chi connectivity index (χ1) is 14.7. The van der Waals surface area contributed by atoms with E-state index in [0.29, 0.717) is 24.5 Å². The Hall–Kier alpha value is -0.790. The van der Waals surface area contributed by atoms with E-state index in [2.05, 4.69) is 0 Å². The predicted octanol–water partition coefficient (Wildman–Crippen LogP) is 3.74. The summed E-state index contributed by atoms with van der Waals surface area (Å²) < 4.78 is 10.4. The molecule has 1 saturated heterocycles. The van der Waals surface area contributed by atoms with Crippen molar-refractivity contribution in [2.45, 2.75) is 54.4 Å². The fourth-order valence-corrected chi connectivity index (χ4v) is 5.99. The number of ether oxygens (including phenoxy) is 2. The Kier molecular flexibility index (Phi) is 6.68. The number of benzene rings is 1. The van der Waals surface area contributed by atoms with Crippen molar-refractivity contribution in [3.8, 4) is 5.75 Å². The van der Waals surface area contributed by atoms with Gasteiger partial charge in [-0.15, -0.1) is 0 Å². The average Bonchev–Trinajstić information content (AvgIpc) is 2.74. The summed E-state index contributed by atoms with van der Waals surface area (Å²) in [7, 11) is 0. The van der Waals surface area contributed by atoms with Gasteiger partial charge in [-0.2, -0.15) is 0 Å². The molecule has 3 N–H and O–H groups in total. The maximum absolute atomic E-state index is 10.8. The lowest BCUT2D eigenvalue weighted by Crippen LogP contribution is -2.77. The molecule has 4 rings (SSSR count). The van der Waals surface area contributed by atoms with Crippen molar-refractivity contribution in [2.24, 2.45) is 11.8 Å². The van der Waals surface area contributed by atoms with Gasteiger partial charge >= 0.3 is 0 Å². The summed E-state index contributed by atoms with van der Waals surface area (Å²) in [5, 5.41) is 32.1. The smallest absolute Gasteiger partial charge is 0.150 e. The summed E-state index contributed by atoms with van der Waals surface area (Å²) in [6.07, 6.45) is 2.13. The van der Waals surface area contributed by atoms with Crippen LogP contribution in [0.25, 0.3) is 0 Å². The molecule has 1 heterocycles. The first kappa shape index (κ1) is 23.4. The second kappa shape index (κ2) is 8.86. The van der Waals surface area contributed by atoms with E-state index in [1.54, 1.807) is 6.08 Å². The maximum atomic E-state index is 10.8. The van der Waals surface area contributed by atoms with Gasteiger partial charge in [-0.3, -0.25) is 0 Å². The summed E-state index contributed by atoms with van der Waals surface area (Å²) in [4.78, 5) is 0. The van der Waals surface area contributed by atoms with E-state index < -0.39 is 40.8 Å². The van der Waals surface area contributed by atoms with Crippen molar-refractivity contribution in [1.82, 2.24) is 0 Å². The van der Waals surface area contributed by atoms with Gasteiger partial charge in [-0.05, 0) is 55.5 Å². The zero-order chi connectivity index (χ0) is 22.4. The molecule has 31 heavy (non-hydrogen) atoms. The number of aliphatic hydroxyl groups excluding tert-OH is 3. The predicted molar refractivity (Wildman–Crippen MR) is 121 cm³/mol. The molecule has 0 spiro atoms. The van der Waals surface area contributed by atoms with Gasteiger partial charge in [0, 0.05) is 16.9 Å². The Bertz CT molecular complexity index is 868. The lowest BCUT2D eigenvalue weighted by atomic mass is 9.61. The molecule has 1 aromatic carbocycles. The quantitative estimate of drug-likeness (QED) is 0.531. The molecular formula is C23H27Cl3O5. The molecule has 2 aliphatic carbocycles. The molecule has 6 atom stereocenters. The highest BCUT2D eigenvalue weighted by Crippen LogP contribution is 2.61. The molecule has 0 bridgehead atoms. The number of rotatable bonds is 6. The highest BCUT2D eigenvalue weighted by Gasteiger charge is 2.72. The largest absolute Gasteiger partial charge is 0.494 e. The summed E-state index contributed by atoms with van der Waals surface area (Å²) in [6.45, 7) is 2.12. The average molecular weight is 490 g/mol. The molecule has 5 nitrogen and oxygen atoms in total. The fourth-order valence-electron chi connectivity index (χ4n) is 4.95. The molecule has 3 aliphatic rings. The SMILES string of the molecule is CCOc1ccc(CC2=C(Cl)C=CC(C3OC4(CO)C(CC4(Cl)Cl)C(O)C3O)C2)cc1. The van der Waals surface area contributed by atoms with Crippen molar-refractivity contribution in [1.29, 1.82) is 0 Å². The summed E-state index contributed by atoms with van der Waals surface area (Å²) >= 11 is 19.2. The molecule has 1 aliphatic heterocycles. The van der Waals surface area contributed by atoms with Gasteiger partial charge in [0.05, 0.1) is 25.4 Å². The van der Waals surface area contributed by atoms with Crippen molar-refractivity contribution in [2.75, 3.05) is 13.2 Å². The van der Waals surface area contributed by atoms with Crippen LogP contribution < -0.4 is 4.74 Å². The second-order valence-corrected chi connectivity index (χ2v) is 10.4.